The van der Waals surface area contributed by atoms with Gasteiger partial charge in [0.05, 0.1) is 0 Å². The van der Waals surface area contributed by atoms with Gasteiger partial charge in [-0.05, 0) is 52.9 Å². The van der Waals surface area contributed by atoms with Crippen molar-refractivity contribution in [3.05, 3.63) is 23.8 Å². The molecule has 1 aromatic carbocycles. The molecule has 19 heavy (non-hydrogen) atoms. The number of hydrogen-bond donors (Lipinski definition) is 1. The number of aromatic nitrogens is 4. The van der Waals surface area contributed by atoms with Gasteiger partial charge in [0.2, 0.25) is 0 Å². The molecule has 2 N–H and O–H groups in total. The summed E-state index contributed by atoms with van der Waals surface area (Å²) in [5, 5.41) is 12.1. The number of nitrogens with two attached hydrogens (primary N) is 1. The fraction of sp³-hybridized carbons (Fsp3) is 0.500. The number of benzene rings is 1. The Bertz CT molecular complexity index is 559. The van der Waals surface area contributed by atoms with E-state index in [1.807, 2.05) is 29.8 Å². The normalized spacial score (nSPS) is 12.9. The van der Waals surface area contributed by atoms with E-state index in [-0.39, 0.29) is 0 Å². The van der Waals surface area contributed by atoms with E-state index in [0.29, 0.717) is 11.8 Å². The highest BCUT2D eigenvalue weighted by molar-refractivity contribution is 5.63. The first-order valence-electron chi connectivity index (χ1n) is 6.61. The van der Waals surface area contributed by atoms with Crippen molar-refractivity contribution in [2.75, 3.05) is 5.73 Å². The van der Waals surface area contributed by atoms with Crippen molar-refractivity contribution in [1.82, 2.24) is 20.2 Å². The summed E-state index contributed by atoms with van der Waals surface area (Å²) in [7, 11) is 0. The molecular weight excluding hydrogens is 238 g/mol. The number of nitrogen functional groups attached to an aromatic ring is 1. The molecule has 5 heteroatoms. The zero-order chi connectivity index (χ0) is 14.0. The average Bonchev–Trinajstić information content (AvgIpc) is 2.77. The molecule has 0 saturated heterocycles. The van der Waals surface area contributed by atoms with E-state index < -0.39 is 0 Å². The van der Waals surface area contributed by atoms with Crippen molar-refractivity contribution in [2.24, 2.45) is 11.8 Å². The van der Waals surface area contributed by atoms with Gasteiger partial charge in [0.1, 0.15) is 0 Å². The van der Waals surface area contributed by atoms with Crippen LogP contribution in [0.5, 0.6) is 0 Å². The lowest BCUT2D eigenvalue weighted by molar-refractivity contribution is 0.347. The van der Waals surface area contributed by atoms with Gasteiger partial charge in [-0.1, -0.05) is 20.8 Å². The van der Waals surface area contributed by atoms with Crippen LogP contribution in [0.25, 0.3) is 11.4 Å². The Kier molecular flexibility index (Phi) is 3.83. The average molecular weight is 259 g/mol. The van der Waals surface area contributed by atoms with Crippen molar-refractivity contribution >= 4 is 5.69 Å². The van der Waals surface area contributed by atoms with Gasteiger partial charge in [-0.2, -0.15) is 0 Å². The summed E-state index contributed by atoms with van der Waals surface area (Å²) in [5.41, 5.74) is 8.67. The van der Waals surface area contributed by atoms with Crippen LogP contribution in [0.15, 0.2) is 18.2 Å². The van der Waals surface area contributed by atoms with Crippen molar-refractivity contribution in [2.45, 2.75) is 34.2 Å². The van der Waals surface area contributed by atoms with Gasteiger partial charge in [-0.3, -0.25) is 0 Å². The summed E-state index contributed by atoms with van der Waals surface area (Å²) in [6.45, 7) is 9.48. The maximum atomic E-state index is 5.78. The van der Waals surface area contributed by atoms with Gasteiger partial charge in [-0.15, -0.1) is 5.10 Å². The van der Waals surface area contributed by atoms with Gasteiger partial charge < -0.3 is 5.73 Å². The summed E-state index contributed by atoms with van der Waals surface area (Å²) >= 11 is 0. The summed E-state index contributed by atoms with van der Waals surface area (Å²) in [6.07, 6.45) is 0. The van der Waals surface area contributed by atoms with Gasteiger partial charge >= 0.3 is 0 Å². The third-order valence-electron chi connectivity index (χ3n) is 3.62. The van der Waals surface area contributed by atoms with Crippen molar-refractivity contribution in [3.8, 4) is 11.4 Å². The summed E-state index contributed by atoms with van der Waals surface area (Å²) in [6, 6.07) is 5.81. The number of tetrazole rings is 1. The van der Waals surface area contributed by atoms with Crippen LogP contribution in [-0.2, 0) is 6.54 Å². The number of aryl methyl sites for hydroxylation is 1. The molecule has 102 valence electrons. The predicted molar refractivity (Wildman–Crippen MR) is 76.4 cm³/mol. The summed E-state index contributed by atoms with van der Waals surface area (Å²) in [4.78, 5) is 0. The monoisotopic (exact) mass is 259 g/mol. The summed E-state index contributed by atoms with van der Waals surface area (Å²) < 4.78 is 1.88. The first-order chi connectivity index (χ1) is 8.99. The van der Waals surface area contributed by atoms with Gasteiger partial charge in [-0.25, -0.2) is 4.68 Å². The third-order valence-corrected chi connectivity index (χ3v) is 3.62. The molecule has 0 spiro atoms. The van der Waals surface area contributed by atoms with Crippen LogP contribution in [0.1, 0.15) is 26.3 Å². The van der Waals surface area contributed by atoms with Crippen molar-refractivity contribution < 1.29 is 0 Å². The number of hydrogen-bond acceptors (Lipinski definition) is 4. The Morgan fingerprint density at radius 2 is 2.00 bits per heavy atom. The third kappa shape index (κ3) is 2.92. The zero-order valence-corrected chi connectivity index (χ0v) is 12.0. The number of anilines is 1. The van der Waals surface area contributed by atoms with Crippen molar-refractivity contribution in [1.29, 1.82) is 0 Å². The maximum Gasteiger partial charge on any atom is 0.182 e. The highest BCUT2D eigenvalue weighted by Gasteiger charge is 2.15. The molecule has 1 unspecified atom stereocenters. The molecule has 2 aromatic rings. The van der Waals surface area contributed by atoms with E-state index in [4.69, 9.17) is 5.73 Å². The molecule has 0 aliphatic carbocycles. The molecule has 0 bridgehead atoms. The molecule has 1 atom stereocenters. The minimum atomic E-state index is 0.524. The Balaban J connectivity index is 2.33. The molecule has 0 aliphatic rings. The Labute approximate surface area is 113 Å². The topological polar surface area (TPSA) is 69.6 Å². The van der Waals surface area contributed by atoms with Crippen LogP contribution in [0.2, 0.25) is 0 Å². The number of rotatable bonds is 4. The quantitative estimate of drug-likeness (QED) is 0.856. The molecule has 0 amide bonds. The first kappa shape index (κ1) is 13.5. The van der Waals surface area contributed by atoms with Crippen LogP contribution in [-0.4, -0.2) is 20.2 Å². The molecular formula is C14H21N5. The lowest BCUT2D eigenvalue weighted by atomic mass is 9.98. The Morgan fingerprint density at radius 1 is 1.26 bits per heavy atom. The second-order valence-electron chi connectivity index (χ2n) is 5.48. The lowest BCUT2D eigenvalue weighted by Crippen LogP contribution is -2.15. The van der Waals surface area contributed by atoms with Crippen LogP contribution >= 0.6 is 0 Å². The standard InChI is InChI=1S/C14H21N5/c1-9(2)11(4)8-19-14(16-17-18-19)13-6-5-12(15)7-10(13)3/h5-7,9,11H,8,15H2,1-4H3. The molecule has 0 aliphatic heterocycles. The predicted octanol–water partition coefficient (Wildman–Crippen LogP) is 2.52. The minimum Gasteiger partial charge on any atom is -0.399 e. The molecule has 0 radical (unpaired) electrons. The lowest BCUT2D eigenvalue weighted by Gasteiger charge is -2.16. The zero-order valence-electron chi connectivity index (χ0n) is 12.0. The first-order valence-corrected chi connectivity index (χ1v) is 6.61. The smallest absolute Gasteiger partial charge is 0.182 e. The van der Waals surface area contributed by atoms with Gasteiger partial charge in [0, 0.05) is 17.8 Å². The SMILES string of the molecule is Cc1cc(N)ccc1-c1nnnn1CC(C)C(C)C. The Hall–Kier alpha value is -1.91. The van der Waals surface area contributed by atoms with E-state index >= 15 is 0 Å². The molecule has 1 heterocycles. The summed E-state index contributed by atoms with van der Waals surface area (Å²) in [5.74, 6) is 1.94. The fourth-order valence-corrected chi connectivity index (χ4v) is 1.94. The van der Waals surface area contributed by atoms with E-state index in [2.05, 4.69) is 36.3 Å². The second kappa shape index (κ2) is 5.38. The molecule has 5 nitrogen and oxygen atoms in total. The minimum absolute atomic E-state index is 0.524. The van der Waals surface area contributed by atoms with E-state index in [9.17, 15) is 0 Å². The Morgan fingerprint density at radius 3 is 2.63 bits per heavy atom. The van der Waals surface area contributed by atoms with E-state index in [0.717, 1.165) is 29.2 Å². The second-order valence-corrected chi connectivity index (χ2v) is 5.48. The number of nitrogens with zero attached hydrogens (tertiary/aromatic N) is 4. The van der Waals surface area contributed by atoms with Gasteiger partial charge in [0.25, 0.3) is 0 Å². The van der Waals surface area contributed by atoms with Crippen LogP contribution in [0, 0.1) is 18.8 Å². The highest BCUT2D eigenvalue weighted by atomic mass is 15.5. The molecule has 2 rings (SSSR count). The van der Waals surface area contributed by atoms with Gasteiger partial charge in [0.15, 0.2) is 5.82 Å². The van der Waals surface area contributed by atoms with Crippen LogP contribution < -0.4 is 5.73 Å². The highest BCUT2D eigenvalue weighted by Crippen LogP contribution is 2.23. The fourth-order valence-electron chi connectivity index (χ4n) is 1.94. The van der Waals surface area contributed by atoms with E-state index in [1.54, 1.807) is 0 Å². The largest absolute Gasteiger partial charge is 0.399 e. The van der Waals surface area contributed by atoms with Crippen LogP contribution in [0.4, 0.5) is 5.69 Å². The molecule has 0 fully saturated rings. The maximum absolute atomic E-state index is 5.78. The van der Waals surface area contributed by atoms with Crippen LogP contribution in [0.3, 0.4) is 0 Å². The van der Waals surface area contributed by atoms with Crippen molar-refractivity contribution in [3.63, 3.8) is 0 Å². The molecule has 0 saturated carbocycles. The molecule has 1 aromatic heterocycles. The van der Waals surface area contributed by atoms with E-state index in [1.165, 1.54) is 0 Å².